The highest BCUT2D eigenvalue weighted by molar-refractivity contribution is 8.00. The van der Waals surface area contributed by atoms with Crippen LogP contribution >= 0.6 is 11.8 Å². The van der Waals surface area contributed by atoms with Crippen LogP contribution in [0.15, 0.2) is 0 Å². The predicted octanol–water partition coefficient (Wildman–Crippen LogP) is 4.17. The van der Waals surface area contributed by atoms with Gasteiger partial charge in [0.05, 0.1) is 4.87 Å². The average Bonchev–Trinajstić information content (AvgIpc) is 2.82. The van der Waals surface area contributed by atoms with E-state index in [-0.39, 0.29) is 0 Å². The fraction of sp³-hybridized carbons (Fsp3) is 1.00. The summed E-state index contributed by atoms with van der Waals surface area (Å²) in [6, 6.07) is 0. The summed E-state index contributed by atoms with van der Waals surface area (Å²) in [5, 5.41) is 0. The molecule has 2 aliphatic rings. The lowest BCUT2D eigenvalue weighted by Gasteiger charge is -2.41. The molecule has 1 spiro atoms. The summed E-state index contributed by atoms with van der Waals surface area (Å²) in [6.07, 6.45) is 2.70. The van der Waals surface area contributed by atoms with Crippen LogP contribution in [0.3, 0.4) is 0 Å². The molecule has 0 aliphatic carbocycles. The Morgan fingerprint density at radius 3 is 1.56 bits per heavy atom. The zero-order valence-corrected chi connectivity index (χ0v) is 14.9. The van der Waals surface area contributed by atoms with Gasteiger partial charge in [0.25, 0.3) is 0 Å². The average molecular weight is 277 g/mol. The molecule has 0 atom stereocenters. The molecule has 2 heterocycles. The highest BCUT2D eigenvalue weighted by Crippen LogP contribution is 2.42. The van der Waals surface area contributed by atoms with Gasteiger partial charge in [0, 0.05) is 25.4 Å². The first-order valence-corrected chi connectivity index (χ1v) is 8.75. The van der Waals surface area contributed by atoms with E-state index >= 15 is 0 Å². The van der Waals surface area contributed by atoms with Crippen molar-refractivity contribution in [2.24, 2.45) is 0 Å². The molecule has 2 saturated heterocycles. The molecule has 0 N–H and O–H groups in total. The van der Waals surface area contributed by atoms with Crippen LogP contribution < -0.4 is 0 Å². The summed E-state index contributed by atoms with van der Waals surface area (Å²) in [7, 11) is 4.51. The predicted molar refractivity (Wildman–Crippen MR) is 88.6 cm³/mol. The van der Waals surface area contributed by atoms with Crippen LogP contribution in [0.4, 0.5) is 0 Å². The molecule has 0 bridgehead atoms. The van der Waals surface area contributed by atoms with E-state index in [4.69, 9.17) is 0 Å². The first kappa shape index (κ1) is 20.6. The van der Waals surface area contributed by atoms with Gasteiger partial charge in [0.1, 0.15) is 0 Å². The zero-order valence-electron chi connectivity index (χ0n) is 14.0. The first-order valence-electron chi connectivity index (χ1n) is 7.77. The maximum absolute atomic E-state index is 2.56. The van der Waals surface area contributed by atoms with E-state index in [0.29, 0.717) is 4.87 Å². The van der Waals surface area contributed by atoms with Gasteiger partial charge in [-0.3, -0.25) is 4.90 Å². The number of rotatable bonds is 0. The molecule has 0 saturated carbocycles. The third-order valence-electron chi connectivity index (χ3n) is 3.26. The van der Waals surface area contributed by atoms with Crippen LogP contribution in [0.2, 0.25) is 0 Å². The fourth-order valence-corrected chi connectivity index (χ4v) is 3.71. The Kier molecular flexibility index (Phi) is 14.1. The smallest absolute Gasteiger partial charge is 0.0692 e. The Hall–Kier alpha value is 0.270. The molecular formula is C15H36N2S. The number of thioether (sulfide) groups is 1. The van der Waals surface area contributed by atoms with Gasteiger partial charge in [0.15, 0.2) is 0 Å². The van der Waals surface area contributed by atoms with Gasteiger partial charge >= 0.3 is 0 Å². The second-order valence-corrected chi connectivity index (χ2v) is 5.48. The zero-order chi connectivity index (χ0) is 14.6. The van der Waals surface area contributed by atoms with Crippen molar-refractivity contribution in [1.29, 1.82) is 0 Å². The Labute approximate surface area is 120 Å². The molecule has 2 aliphatic heterocycles. The third kappa shape index (κ3) is 5.94. The molecule has 0 amide bonds. The van der Waals surface area contributed by atoms with Gasteiger partial charge < -0.3 is 4.90 Å². The van der Waals surface area contributed by atoms with Crippen molar-refractivity contribution in [2.75, 3.05) is 39.5 Å². The normalized spacial score (nSPS) is 22.0. The van der Waals surface area contributed by atoms with E-state index in [2.05, 4.69) is 35.7 Å². The highest BCUT2D eigenvalue weighted by atomic mass is 32.2. The van der Waals surface area contributed by atoms with E-state index < -0.39 is 0 Å². The van der Waals surface area contributed by atoms with E-state index in [1.807, 2.05) is 41.5 Å². The molecule has 0 aromatic heterocycles. The third-order valence-corrected chi connectivity index (χ3v) is 4.91. The Bertz CT molecular complexity index is 166. The van der Waals surface area contributed by atoms with Gasteiger partial charge in [-0.1, -0.05) is 41.5 Å². The second kappa shape index (κ2) is 12.3. The summed E-state index contributed by atoms with van der Waals surface area (Å²) in [4.78, 5) is 5.52. The summed E-state index contributed by atoms with van der Waals surface area (Å²) >= 11 is 2.18. The molecule has 2 fully saturated rings. The van der Waals surface area contributed by atoms with E-state index in [9.17, 15) is 0 Å². The van der Waals surface area contributed by atoms with Crippen LogP contribution in [0.5, 0.6) is 0 Å². The standard InChI is InChI=1S/C9H18N2S.3C2H6/c1-10-5-3-9(4-6-10)11(2)7-8-12-9;3*1-2/h3-8H2,1-2H3;3*1-2H3. The van der Waals surface area contributed by atoms with Crippen molar-refractivity contribution in [2.45, 2.75) is 59.3 Å². The van der Waals surface area contributed by atoms with Crippen LogP contribution in [-0.4, -0.2) is 54.2 Å². The molecule has 0 aromatic rings. The Morgan fingerprint density at radius 2 is 1.22 bits per heavy atom. The first-order chi connectivity index (χ1) is 8.73. The minimum Gasteiger partial charge on any atom is -0.306 e. The monoisotopic (exact) mass is 276 g/mol. The van der Waals surface area contributed by atoms with Gasteiger partial charge in [-0.15, -0.1) is 11.8 Å². The SMILES string of the molecule is CC.CC.CC.CN1CCC2(CC1)SCCN2C. The van der Waals surface area contributed by atoms with Crippen molar-refractivity contribution in [3.8, 4) is 0 Å². The quantitative estimate of drug-likeness (QED) is 0.656. The van der Waals surface area contributed by atoms with Crippen LogP contribution in [-0.2, 0) is 0 Å². The van der Waals surface area contributed by atoms with Crippen molar-refractivity contribution in [3.63, 3.8) is 0 Å². The number of hydrogen-bond donors (Lipinski definition) is 0. The van der Waals surface area contributed by atoms with Crippen molar-refractivity contribution in [1.82, 2.24) is 9.80 Å². The van der Waals surface area contributed by atoms with Crippen molar-refractivity contribution >= 4 is 11.8 Å². The highest BCUT2D eigenvalue weighted by Gasteiger charge is 2.41. The minimum absolute atomic E-state index is 0.520. The molecule has 0 radical (unpaired) electrons. The summed E-state index contributed by atoms with van der Waals surface area (Å²) in [5.41, 5.74) is 0. The van der Waals surface area contributed by atoms with Crippen LogP contribution in [0.25, 0.3) is 0 Å². The maximum Gasteiger partial charge on any atom is 0.0692 e. The summed E-state index contributed by atoms with van der Waals surface area (Å²) < 4.78 is 0. The lowest BCUT2D eigenvalue weighted by atomic mass is 10.0. The number of piperidine rings is 1. The molecule has 2 nitrogen and oxygen atoms in total. The Morgan fingerprint density at radius 1 is 0.778 bits per heavy atom. The topological polar surface area (TPSA) is 6.48 Å². The number of likely N-dealkylation sites (tertiary alicyclic amines) is 1. The fourth-order valence-electron chi connectivity index (χ4n) is 2.18. The lowest BCUT2D eigenvalue weighted by molar-refractivity contribution is 0.135. The van der Waals surface area contributed by atoms with E-state index in [0.717, 1.165) is 0 Å². The lowest BCUT2D eigenvalue weighted by Crippen LogP contribution is -2.47. The largest absolute Gasteiger partial charge is 0.306 e. The van der Waals surface area contributed by atoms with Crippen molar-refractivity contribution in [3.05, 3.63) is 0 Å². The van der Waals surface area contributed by atoms with Gasteiger partial charge in [0.2, 0.25) is 0 Å². The molecule has 2 rings (SSSR count). The molecule has 18 heavy (non-hydrogen) atoms. The maximum atomic E-state index is 2.56. The van der Waals surface area contributed by atoms with Gasteiger partial charge in [-0.2, -0.15) is 0 Å². The molecular weight excluding hydrogens is 240 g/mol. The van der Waals surface area contributed by atoms with Gasteiger partial charge in [-0.25, -0.2) is 0 Å². The number of nitrogens with zero attached hydrogens (tertiary/aromatic N) is 2. The second-order valence-electron chi connectivity index (χ2n) is 4.02. The van der Waals surface area contributed by atoms with Crippen molar-refractivity contribution < 1.29 is 0 Å². The summed E-state index contributed by atoms with van der Waals surface area (Å²) in [5.74, 6) is 1.33. The Balaban J connectivity index is 0. The molecule has 0 unspecified atom stereocenters. The van der Waals surface area contributed by atoms with E-state index in [1.165, 1.54) is 38.2 Å². The molecule has 3 heteroatoms. The van der Waals surface area contributed by atoms with Gasteiger partial charge in [-0.05, 0) is 26.9 Å². The molecule has 112 valence electrons. The number of hydrogen-bond acceptors (Lipinski definition) is 3. The molecule has 0 aromatic carbocycles. The van der Waals surface area contributed by atoms with E-state index in [1.54, 1.807) is 0 Å². The summed E-state index contributed by atoms with van der Waals surface area (Å²) in [6.45, 7) is 15.8. The van der Waals surface area contributed by atoms with Crippen LogP contribution in [0.1, 0.15) is 54.4 Å². The minimum atomic E-state index is 0.520. The van der Waals surface area contributed by atoms with Crippen LogP contribution in [0, 0.1) is 0 Å².